The molecule has 1 fully saturated rings. The lowest BCUT2D eigenvalue weighted by Crippen LogP contribution is -2.28. The number of amides is 1. The molecule has 0 radical (unpaired) electrons. The number of ether oxygens (including phenoxy) is 1. The molecule has 38 heavy (non-hydrogen) atoms. The zero-order chi connectivity index (χ0) is 26.1. The number of halogens is 2. The van der Waals surface area contributed by atoms with Crippen LogP contribution in [0.25, 0.3) is 16.9 Å². The highest BCUT2D eigenvalue weighted by molar-refractivity contribution is 6.33. The molecule has 4 aromatic rings. The molecule has 6 rings (SSSR count). The number of carbonyl (C=O) groups is 1. The van der Waals surface area contributed by atoms with Gasteiger partial charge in [0, 0.05) is 55.9 Å². The Morgan fingerprint density at radius 1 is 1.16 bits per heavy atom. The van der Waals surface area contributed by atoms with Crippen LogP contribution < -0.4 is 5.32 Å². The molecule has 194 valence electrons. The van der Waals surface area contributed by atoms with E-state index in [1.54, 1.807) is 28.0 Å². The van der Waals surface area contributed by atoms with Crippen LogP contribution in [0.4, 0.5) is 10.3 Å². The van der Waals surface area contributed by atoms with Crippen molar-refractivity contribution in [2.24, 2.45) is 0 Å². The number of hydrogen-bond donors (Lipinski definition) is 1. The first-order valence-corrected chi connectivity index (χ1v) is 13.0. The van der Waals surface area contributed by atoms with Crippen LogP contribution in [0.5, 0.6) is 0 Å². The Hall–Kier alpha value is -3.82. The van der Waals surface area contributed by atoms with Crippen molar-refractivity contribution in [1.29, 1.82) is 0 Å². The largest absolute Gasteiger partial charge is 0.381 e. The van der Waals surface area contributed by atoms with Crippen molar-refractivity contribution >= 4 is 23.5 Å². The first-order valence-electron chi connectivity index (χ1n) is 12.6. The van der Waals surface area contributed by atoms with Gasteiger partial charge in [-0.05, 0) is 60.7 Å². The fourth-order valence-corrected chi connectivity index (χ4v) is 5.20. The number of carbonyl (C=O) groups excluding carboxylic acids is 1. The summed E-state index contributed by atoms with van der Waals surface area (Å²) in [6, 6.07) is 12.4. The normalized spacial score (nSPS) is 15.6. The highest BCUT2D eigenvalue weighted by atomic mass is 35.5. The van der Waals surface area contributed by atoms with Crippen LogP contribution in [-0.2, 0) is 17.7 Å². The molecule has 0 unspecified atom stereocenters. The van der Waals surface area contributed by atoms with E-state index in [0.29, 0.717) is 55.0 Å². The molecule has 1 amide bonds. The predicted octanol–water partition coefficient (Wildman–Crippen LogP) is 4.91. The van der Waals surface area contributed by atoms with Crippen molar-refractivity contribution in [3.8, 4) is 16.9 Å². The lowest BCUT2D eigenvalue weighted by atomic mass is 10.0. The Morgan fingerprint density at radius 3 is 2.84 bits per heavy atom. The Balaban J connectivity index is 1.19. The fraction of sp³-hybridized carbons (Fsp3) is 0.286. The topological polar surface area (TPSA) is 85.2 Å². The highest BCUT2D eigenvalue weighted by Gasteiger charge is 2.28. The lowest BCUT2D eigenvalue weighted by Gasteiger charge is -2.23. The molecule has 4 heterocycles. The highest BCUT2D eigenvalue weighted by Crippen LogP contribution is 2.32. The van der Waals surface area contributed by atoms with Crippen molar-refractivity contribution in [3.63, 3.8) is 0 Å². The molecule has 0 spiro atoms. The van der Waals surface area contributed by atoms with Gasteiger partial charge in [0.05, 0.1) is 22.6 Å². The minimum atomic E-state index is -0.316. The molecule has 2 aromatic heterocycles. The molecular formula is C28H26ClFN6O2. The van der Waals surface area contributed by atoms with E-state index >= 15 is 0 Å². The maximum absolute atomic E-state index is 14.0. The molecule has 1 N–H and O–H groups in total. The van der Waals surface area contributed by atoms with Gasteiger partial charge in [0.2, 0.25) is 5.95 Å². The summed E-state index contributed by atoms with van der Waals surface area (Å²) in [5.41, 5.74) is 4.49. The monoisotopic (exact) mass is 532 g/mol. The number of rotatable bonds is 7. The Morgan fingerprint density at radius 2 is 2.03 bits per heavy atom. The zero-order valence-electron chi connectivity index (χ0n) is 20.6. The average Bonchev–Trinajstić information content (AvgIpc) is 3.57. The van der Waals surface area contributed by atoms with E-state index in [4.69, 9.17) is 16.3 Å². The van der Waals surface area contributed by atoms with E-state index in [1.807, 2.05) is 30.5 Å². The van der Waals surface area contributed by atoms with Crippen LogP contribution >= 0.6 is 11.6 Å². The van der Waals surface area contributed by atoms with E-state index in [1.165, 1.54) is 12.1 Å². The van der Waals surface area contributed by atoms with Gasteiger partial charge in [-0.15, -0.1) is 0 Å². The van der Waals surface area contributed by atoms with Gasteiger partial charge in [-0.3, -0.25) is 4.79 Å². The van der Waals surface area contributed by atoms with Gasteiger partial charge < -0.3 is 15.0 Å². The van der Waals surface area contributed by atoms with Crippen LogP contribution in [0.15, 0.2) is 61.1 Å². The van der Waals surface area contributed by atoms with Crippen LogP contribution in [0.3, 0.4) is 0 Å². The lowest BCUT2D eigenvalue weighted by molar-refractivity contribution is 0.0780. The molecule has 2 aliphatic rings. The van der Waals surface area contributed by atoms with Gasteiger partial charge in [-0.1, -0.05) is 23.7 Å². The summed E-state index contributed by atoms with van der Waals surface area (Å²) in [6.07, 6.45) is 7.37. The third-order valence-corrected chi connectivity index (χ3v) is 7.28. The summed E-state index contributed by atoms with van der Waals surface area (Å²) in [4.78, 5) is 24.1. The quantitative estimate of drug-likeness (QED) is 0.364. The van der Waals surface area contributed by atoms with Gasteiger partial charge >= 0.3 is 0 Å². The average molecular weight is 533 g/mol. The summed E-state index contributed by atoms with van der Waals surface area (Å²) in [6.45, 7) is 2.37. The van der Waals surface area contributed by atoms with Gasteiger partial charge in [-0.2, -0.15) is 5.10 Å². The number of nitrogens with zero attached hydrogens (tertiary/aromatic N) is 5. The minimum Gasteiger partial charge on any atom is -0.381 e. The van der Waals surface area contributed by atoms with Crippen molar-refractivity contribution in [2.75, 3.05) is 25.1 Å². The first-order chi connectivity index (χ1) is 18.5. The second-order valence-electron chi connectivity index (χ2n) is 9.49. The van der Waals surface area contributed by atoms with E-state index in [9.17, 15) is 9.18 Å². The standard InChI is InChI=1S/C28H26ClFN6O2/c29-24-16-31-28(33-22-7-12-38-13-8-22)34-26(24)19-2-3-20-17-35(27(37)23(20)15-19)11-6-18-14-21(30)4-5-25(18)36-10-1-9-32-36/h1-5,9-10,14-16,22H,6-8,11-13,17H2,(H,31,33,34). The summed E-state index contributed by atoms with van der Waals surface area (Å²) in [5, 5.41) is 8.06. The van der Waals surface area contributed by atoms with Crippen molar-refractivity contribution in [3.05, 3.63) is 88.6 Å². The van der Waals surface area contributed by atoms with Gasteiger partial charge in [0.1, 0.15) is 5.82 Å². The van der Waals surface area contributed by atoms with Gasteiger partial charge in [0.25, 0.3) is 5.91 Å². The van der Waals surface area contributed by atoms with E-state index < -0.39 is 0 Å². The predicted molar refractivity (Wildman–Crippen MR) is 142 cm³/mol. The second kappa shape index (κ2) is 10.5. The molecule has 0 aliphatic carbocycles. The van der Waals surface area contributed by atoms with E-state index in [-0.39, 0.29) is 17.8 Å². The maximum atomic E-state index is 14.0. The minimum absolute atomic E-state index is 0.0652. The Labute approximate surface area is 224 Å². The molecule has 2 aliphatic heterocycles. The van der Waals surface area contributed by atoms with Gasteiger partial charge in [0.15, 0.2) is 0 Å². The summed E-state index contributed by atoms with van der Waals surface area (Å²) in [7, 11) is 0. The molecule has 10 heteroatoms. The first kappa shape index (κ1) is 24.5. The smallest absolute Gasteiger partial charge is 0.254 e. The number of anilines is 1. The van der Waals surface area contributed by atoms with E-state index in [2.05, 4.69) is 20.4 Å². The summed E-state index contributed by atoms with van der Waals surface area (Å²) < 4.78 is 21.2. The van der Waals surface area contributed by atoms with Crippen molar-refractivity contribution in [2.45, 2.75) is 31.8 Å². The number of hydrogen-bond acceptors (Lipinski definition) is 6. The number of nitrogens with one attached hydrogen (secondary N) is 1. The van der Waals surface area contributed by atoms with E-state index in [0.717, 1.165) is 35.2 Å². The second-order valence-corrected chi connectivity index (χ2v) is 9.90. The Bertz CT molecular complexity index is 1470. The molecule has 1 saturated heterocycles. The van der Waals surface area contributed by atoms with Crippen LogP contribution in [0, 0.1) is 5.82 Å². The number of aromatic nitrogens is 4. The number of fused-ring (bicyclic) bond motifs is 1. The van der Waals surface area contributed by atoms with Crippen LogP contribution in [-0.4, -0.2) is 56.4 Å². The summed E-state index contributed by atoms with van der Waals surface area (Å²) in [5.74, 6) is 0.126. The summed E-state index contributed by atoms with van der Waals surface area (Å²) >= 11 is 6.47. The molecule has 0 bridgehead atoms. The molecule has 0 saturated carbocycles. The number of benzene rings is 2. The van der Waals surface area contributed by atoms with Crippen LogP contribution in [0.2, 0.25) is 5.02 Å². The van der Waals surface area contributed by atoms with Crippen LogP contribution in [0.1, 0.15) is 34.3 Å². The van der Waals surface area contributed by atoms with Crippen molar-refractivity contribution in [1.82, 2.24) is 24.6 Å². The van der Waals surface area contributed by atoms with Gasteiger partial charge in [-0.25, -0.2) is 19.0 Å². The molecule has 0 atom stereocenters. The van der Waals surface area contributed by atoms with Crippen molar-refractivity contribution < 1.29 is 13.9 Å². The zero-order valence-corrected chi connectivity index (χ0v) is 21.4. The fourth-order valence-electron chi connectivity index (χ4n) is 5.00. The Kier molecular flexibility index (Phi) is 6.78. The third kappa shape index (κ3) is 4.99. The third-order valence-electron chi connectivity index (χ3n) is 7.00. The molecule has 2 aromatic carbocycles. The molecule has 8 nitrogen and oxygen atoms in total. The molecular weight excluding hydrogens is 507 g/mol. The SMILES string of the molecule is O=C1c2cc(-c3nc(NC4CCOCC4)ncc3Cl)ccc2CN1CCc1cc(F)ccc1-n1cccn1. The maximum Gasteiger partial charge on any atom is 0.254 e.